The van der Waals surface area contributed by atoms with Gasteiger partial charge in [-0.1, -0.05) is 0 Å². The van der Waals surface area contributed by atoms with Gasteiger partial charge in [0.05, 0.1) is 6.42 Å². The molecule has 2 aliphatic heterocycles. The van der Waals surface area contributed by atoms with Gasteiger partial charge in [-0.05, 0) is 38.8 Å². The lowest BCUT2D eigenvalue weighted by Crippen LogP contribution is -2.58. The van der Waals surface area contributed by atoms with Crippen LogP contribution in [0.5, 0.6) is 0 Å². The van der Waals surface area contributed by atoms with Crippen LogP contribution in [0.4, 0.5) is 13.2 Å². The zero-order valence-electron chi connectivity index (χ0n) is 14.1. The fraction of sp³-hybridized carbons (Fsp3) is 0.933. The van der Waals surface area contributed by atoms with Gasteiger partial charge >= 0.3 is 6.18 Å². The van der Waals surface area contributed by atoms with Crippen LogP contribution in [0.2, 0.25) is 0 Å². The Morgan fingerprint density at radius 2 is 1.79 bits per heavy atom. The van der Waals surface area contributed by atoms with Crippen molar-refractivity contribution in [2.24, 2.45) is 4.99 Å². The molecule has 0 atom stereocenters. The summed E-state index contributed by atoms with van der Waals surface area (Å²) in [6, 6.07) is 0. The molecule has 0 radical (unpaired) electrons. The third-order valence-corrected chi connectivity index (χ3v) is 4.71. The number of alkyl halides is 3. The predicted molar refractivity (Wildman–Crippen MR) is 99.0 cm³/mol. The largest absolute Gasteiger partial charge is 0.390 e. The number of nitrogens with one attached hydrogen (secondary N) is 2. The molecule has 0 saturated carbocycles. The first-order valence-corrected chi connectivity index (χ1v) is 8.29. The van der Waals surface area contributed by atoms with Gasteiger partial charge in [0.25, 0.3) is 0 Å². The maximum atomic E-state index is 12.2. The van der Waals surface area contributed by atoms with Crippen molar-refractivity contribution in [1.82, 2.24) is 15.5 Å². The second-order valence-electron chi connectivity index (χ2n) is 6.25. The predicted octanol–water partition coefficient (Wildman–Crippen LogP) is 2.37. The van der Waals surface area contributed by atoms with Crippen LogP contribution in [0.3, 0.4) is 0 Å². The van der Waals surface area contributed by atoms with E-state index in [9.17, 15) is 13.2 Å². The number of hydrogen-bond acceptors (Lipinski definition) is 3. The zero-order chi connectivity index (χ0) is 16.8. The molecule has 0 unspecified atom stereocenters. The Morgan fingerprint density at radius 3 is 2.33 bits per heavy atom. The van der Waals surface area contributed by atoms with Crippen molar-refractivity contribution in [2.45, 2.75) is 43.8 Å². The summed E-state index contributed by atoms with van der Waals surface area (Å²) < 4.78 is 42.2. The molecule has 2 rings (SSSR count). The highest BCUT2D eigenvalue weighted by atomic mass is 127. The van der Waals surface area contributed by atoms with Gasteiger partial charge in [0.15, 0.2) is 5.96 Å². The number of nitrogens with zero attached hydrogens (tertiary/aromatic N) is 2. The number of ether oxygens (including phenoxy) is 1. The first-order chi connectivity index (χ1) is 11.0. The Labute approximate surface area is 158 Å². The molecule has 0 aromatic heterocycles. The molecule has 2 fully saturated rings. The van der Waals surface area contributed by atoms with Gasteiger partial charge in [-0.2, -0.15) is 13.2 Å². The topological polar surface area (TPSA) is 48.9 Å². The van der Waals surface area contributed by atoms with Crippen LogP contribution in [0.25, 0.3) is 0 Å². The molecule has 142 valence electrons. The van der Waals surface area contributed by atoms with Gasteiger partial charge < -0.3 is 15.4 Å². The molecule has 0 aromatic rings. The molecular formula is C15H28F3IN4O. The highest BCUT2D eigenvalue weighted by Gasteiger charge is 2.39. The number of halogens is 4. The van der Waals surface area contributed by atoms with Crippen LogP contribution in [0, 0.1) is 0 Å². The van der Waals surface area contributed by atoms with Crippen molar-refractivity contribution in [3.05, 3.63) is 0 Å². The molecule has 2 saturated heterocycles. The van der Waals surface area contributed by atoms with Crippen LogP contribution in [0.1, 0.15) is 32.1 Å². The smallest absolute Gasteiger partial charge is 0.381 e. The molecule has 0 aliphatic carbocycles. The maximum Gasteiger partial charge on any atom is 0.390 e. The van der Waals surface area contributed by atoms with E-state index in [4.69, 9.17) is 4.74 Å². The van der Waals surface area contributed by atoms with E-state index >= 15 is 0 Å². The Morgan fingerprint density at radius 1 is 1.17 bits per heavy atom. The summed E-state index contributed by atoms with van der Waals surface area (Å²) in [5.41, 5.74) is 0.0242. The molecule has 2 N–H and O–H groups in total. The number of rotatable bonds is 5. The minimum Gasteiger partial charge on any atom is -0.381 e. The maximum absolute atomic E-state index is 12.2. The van der Waals surface area contributed by atoms with Gasteiger partial charge in [-0.25, -0.2) is 0 Å². The van der Waals surface area contributed by atoms with Crippen molar-refractivity contribution in [3.8, 4) is 0 Å². The third kappa shape index (κ3) is 6.55. The van der Waals surface area contributed by atoms with Crippen molar-refractivity contribution in [1.29, 1.82) is 0 Å². The van der Waals surface area contributed by atoms with Crippen LogP contribution in [-0.2, 0) is 4.74 Å². The Hall–Kier alpha value is -0.290. The summed E-state index contributed by atoms with van der Waals surface area (Å²) in [7, 11) is 1.58. The lowest BCUT2D eigenvalue weighted by molar-refractivity contribution is -0.132. The van der Waals surface area contributed by atoms with Crippen LogP contribution < -0.4 is 10.6 Å². The SMILES string of the molecule is CN=C(NCCC(F)(F)F)NCC1(N2CCCC2)CCOCC1.I. The average molecular weight is 464 g/mol. The van der Waals surface area contributed by atoms with Crippen molar-refractivity contribution >= 4 is 29.9 Å². The molecule has 0 spiro atoms. The van der Waals surface area contributed by atoms with Crippen LogP contribution in [-0.4, -0.2) is 69.0 Å². The lowest BCUT2D eigenvalue weighted by Gasteiger charge is -2.45. The molecule has 2 aliphatic rings. The molecular weight excluding hydrogens is 436 g/mol. The zero-order valence-corrected chi connectivity index (χ0v) is 16.5. The quantitative estimate of drug-likeness (QED) is 0.373. The average Bonchev–Trinajstić information content (AvgIpc) is 3.05. The van der Waals surface area contributed by atoms with E-state index < -0.39 is 12.6 Å². The van der Waals surface area contributed by atoms with Gasteiger partial charge in [0, 0.05) is 38.9 Å². The molecule has 0 amide bonds. The lowest BCUT2D eigenvalue weighted by atomic mass is 9.88. The number of hydrogen-bond donors (Lipinski definition) is 2. The van der Waals surface area contributed by atoms with Gasteiger partial charge in [0.1, 0.15) is 0 Å². The summed E-state index contributed by atoms with van der Waals surface area (Å²) in [5.74, 6) is 0.430. The Bertz CT molecular complexity index is 395. The normalized spacial score (nSPS) is 22.1. The summed E-state index contributed by atoms with van der Waals surface area (Å²) in [6.07, 6.45) is -0.705. The van der Waals surface area contributed by atoms with E-state index in [1.165, 1.54) is 12.8 Å². The molecule has 24 heavy (non-hydrogen) atoms. The second kappa shape index (κ2) is 10.0. The summed E-state index contributed by atoms with van der Waals surface area (Å²) in [4.78, 5) is 6.53. The van der Waals surface area contributed by atoms with E-state index in [0.717, 1.165) is 39.1 Å². The standard InChI is InChI=1S/C15H27F3N4O.HI/c1-19-13(20-7-4-15(16,17)18)21-12-14(5-10-23-11-6-14)22-8-2-3-9-22;/h2-12H2,1H3,(H2,19,20,21);1H. The molecule has 2 heterocycles. The fourth-order valence-electron chi connectivity index (χ4n) is 3.34. The minimum atomic E-state index is -4.15. The highest BCUT2D eigenvalue weighted by Crippen LogP contribution is 2.30. The fourth-order valence-corrected chi connectivity index (χ4v) is 3.34. The van der Waals surface area contributed by atoms with E-state index in [1.807, 2.05) is 0 Å². The highest BCUT2D eigenvalue weighted by molar-refractivity contribution is 14.0. The van der Waals surface area contributed by atoms with E-state index in [0.29, 0.717) is 12.5 Å². The van der Waals surface area contributed by atoms with E-state index in [-0.39, 0.29) is 36.1 Å². The van der Waals surface area contributed by atoms with Crippen LogP contribution in [0.15, 0.2) is 4.99 Å². The molecule has 0 bridgehead atoms. The molecule has 9 heteroatoms. The number of guanidine groups is 1. The van der Waals surface area contributed by atoms with Gasteiger partial charge in [0.2, 0.25) is 0 Å². The number of aliphatic imine (C=N–C) groups is 1. The van der Waals surface area contributed by atoms with Crippen molar-refractivity contribution < 1.29 is 17.9 Å². The molecule has 5 nitrogen and oxygen atoms in total. The summed E-state index contributed by atoms with van der Waals surface area (Å²) in [6.45, 7) is 4.16. The summed E-state index contributed by atoms with van der Waals surface area (Å²) >= 11 is 0. The van der Waals surface area contributed by atoms with Crippen LogP contribution >= 0.6 is 24.0 Å². The second-order valence-corrected chi connectivity index (χ2v) is 6.25. The molecule has 0 aromatic carbocycles. The van der Waals surface area contributed by atoms with E-state index in [1.54, 1.807) is 7.05 Å². The van der Waals surface area contributed by atoms with E-state index in [2.05, 4.69) is 20.5 Å². The Balaban J connectivity index is 0.00000288. The first-order valence-electron chi connectivity index (χ1n) is 8.29. The van der Waals surface area contributed by atoms with Gasteiger partial charge in [-0.3, -0.25) is 9.89 Å². The minimum absolute atomic E-state index is 0. The summed E-state index contributed by atoms with van der Waals surface area (Å²) in [5, 5.41) is 5.96. The first kappa shape index (κ1) is 21.8. The Kier molecular flexibility index (Phi) is 9.07. The number of likely N-dealkylation sites (tertiary alicyclic amines) is 1. The third-order valence-electron chi connectivity index (χ3n) is 4.71. The van der Waals surface area contributed by atoms with Crippen molar-refractivity contribution in [3.63, 3.8) is 0 Å². The van der Waals surface area contributed by atoms with Gasteiger partial charge in [-0.15, -0.1) is 24.0 Å². The monoisotopic (exact) mass is 464 g/mol. The van der Waals surface area contributed by atoms with Crippen molar-refractivity contribution in [2.75, 3.05) is 46.4 Å².